The van der Waals surface area contributed by atoms with Gasteiger partial charge in [-0.2, -0.15) is 0 Å². The van der Waals surface area contributed by atoms with Gasteiger partial charge in [0.25, 0.3) is 0 Å². The van der Waals surface area contributed by atoms with Crippen LogP contribution >= 0.6 is 0 Å². The number of likely N-dealkylation sites (N-methyl/N-ethyl adjacent to an activating group) is 1. The number of ether oxygens (including phenoxy) is 1. The number of hydrogen-bond donors (Lipinski definition) is 1. The van der Waals surface area contributed by atoms with Crippen LogP contribution in [0.5, 0.6) is 0 Å². The van der Waals surface area contributed by atoms with Crippen molar-refractivity contribution in [3.8, 4) is 0 Å². The third-order valence-electron chi connectivity index (χ3n) is 4.44. The van der Waals surface area contributed by atoms with Crippen molar-refractivity contribution in [1.29, 1.82) is 0 Å². The van der Waals surface area contributed by atoms with E-state index in [0.717, 1.165) is 19.0 Å². The average molecular weight is 254 g/mol. The van der Waals surface area contributed by atoms with Gasteiger partial charge in [0.05, 0.1) is 11.7 Å². The molecule has 2 aliphatic rings. The molecular formula is C15H30N2O. The molecule has 3 nitrogen and oxygen atoms in total. The summed E-state index contributed by atoms with van der Waals surface area (Å²) >= 11 is 0. The van der Waals surface area contributed by atoms with Crippen LogP contribution < -0.4 is 5.32 Å². The Labute approximate surface area is 112 Å². The van der Waals surface area contributed by atoms with Gasteiger partial charge in [-0.15, -0.1) is 0 Å². The van der Waals surface area contributed by atoms with E-state index >= 15 is 0 Å². The van der Waals surface area contributed by atoms with Crippen LogP contribution in [0.2, 0.25) is 0 Å². The van der Waals surface area contributed by atoms with Gasteiger partial charge in [0.2, 0.25) is 0 Å². The Balaban J connectivity index is 1.75. The van der Waals surface area contributed by atoms with Gasteiger partial charge < -0.3 is 15.0 Å². The first kappa shape index (κ1) is 14.3. The highest BCUT2D eigenvalue weighted by atomic mass is 16.5. The van der Waals surface area contributed by atoms with E-state index < -0.39 is 0 Å². The Hall–Kier alpha value is -0.120. The summed E-state index contributed by atoms with van der Waals surface area (Å²) in [6.45, 7) is 12.7. The van der Waals surface area contributed by atoms with E-state index in [-0.39, 0.29) is 5.60 Å². The van der Waals surface area contributed by atoms with E-state index in [1.54, 1.807) is 0 Å². The molecular weight excluding hydrogens is 224 g/mol. The van der Waals surface area contributed by atoms with Gasteiger partial charge in [0.1, 0.15) is 0 Å². The van der Waals surface area contributed by atoms with Crippen LogP contribution in [0.25, 0.3) is 0 Å². The molecule has 0 amide bonds. The Kier molecular flexibility index (Phi) is 5.05. The quantitative estimate of drug-likeness (QED) is 0.814. The molecule has 2 aliphatic heterocycles. The molecule has 106 valence electrons. The number of rotatable bonds is 5. The standard InChI is InChI=1S/C15H30N2O/c1-4-17(11-13-6-9-16-10-7-13)12-14-5-8-15(2,3)18-14/h13-14,16H,4-12H2,1-3H3. The van der Waals surface area contributed by atoms with E-state index in [0.29, 0.717) is 6.10 Å². The van der Waals surface area contributed by atoms with Gasteiger partial charge >= 0.3 is 0 Å². The first-order valence-corrected chi connectivity index (χ1v) is 7.70. The Bertz CT molecular complexity index is 249. The minimum absolute atomic E-state index is 0.110. The van der Waals surface area contributed by atoms with Crippen molar-refractivity contribution in [2.24, 2.45) is 5.92 Å². The normalized spacial score (nSPS) is 29.0. The third-order valence-corrected chi connectivity index (χ3v) is 4.44. The summed E-state index contributed by atoms with van der Waals surface area (Å²) in [5, 5.41) is 3.45. The lowest BCUT2D eigenvalue weighted by Gasteiger charge is -2.31. The molecule has 0 aromatic carbocycles. The highest BCUT2D eigenvalue weighted by Gasteiger charge is 2.32. The third kappa shape index (κ3) is 4.22. The molecule has 2 rings (SSSR count). The summed E-state index contributed by atoms with van der Waals surface area (Å²) < 4.78 is 6.12. The summed E-state index contributed by atoms with van der Waals surface area (Å²) in [6.07, 6.45) is 5.58. The van der Waals surface area contributed by atoms with Crippen LogP contribution in [0.1, 0.15) is 46.5 Å². The van der Waals surface area contributed by atoms with E-state index in [2.05, 4.69) is 31.0 Å². The van der Waals surface area contributed by atoms with E-state index in [1.807, 2.05) is 0 Å². The zero-order chi connectivity index (χ0) is 13.0. The average Bonchev–Trinajstić information content (AvgIpc) is 2.69. The molecule has 18 heavy (non-hydrogen) atoms. The predicted octanol–water partition coefficient (Wildman–Crippen LogP) is 2.27. The zero-order valence-corrected chi connectivity index (χ0v) is 12.4. The molecule has 1 atom stereocenters. The number of nitrogens with zero attached hydrogens (tertiary/aromatic N) is 1. The molecule has 2 saturated heterocycles. The second-order valence-corrected chi connectivity index (χ2v) is 6.58. The second kappa shape index (κ2) is 6.36. The highest BCUT2D eigenvalue weighted by Crippen LogP contribution is 2.30. The van der Waals surface area contributed by atoms with Crippen LogP contribution in [0, 0.1) is 5.92 Å². The van der Waals surface area contributed by atoms with Crippen LogP contribution in [0.4, 0.5) is 0 Å². The first-order valence-electron chi connectivity index (χ1n) is 7.70. The summed E-state index contributed by atoms with van der Waals surface area (Å²) in [5.41, 5.74) is 0.110. The van der Waals surface area contributed by atoms with Crippen molar-refractivity contribution >= 4 is 0 Å². The van der Waals surface area contributed by atoms with Gasteiger partial charge in [-0.3, -0.25) is 0 Å². The molecule has 3 heteroatoms. The van der Waals surface area contributed by atoms with Crippen LogP contribution in [0.3, 0.4) is 0 Å². The highest BCUT2D eigenvalue weighted by molar-refractivity contribution is 4.83. The van der Waals surface area contributed by atoms with Crippen LogP contribution in [-0.2, 0) is 4.74 Å². The van der Waals surface area contributed by atoms with Gasteiger partial charge in [-0.25, -0.2) is 0 Å². The number of nitrogens with one attached hydrogen (secondary N) is 1. The monoisotopic (exact) mass is 254 g/mol. The first-order chi connectivity index (χ1) is 8.59. The molecule has 0 aliphatic carbocycles. The van der Waals surface area contributed by atoms with Crippen LogP contribution in [-0.4, -0.2) is 49.3 Å². The molecule has 1 unspecified atom stereocenters. The van der Waals surface area contributed by atoms with Crippen molar-refractivity contribution in [2.75, 3.05) is 32.7 Å². The molecule has 0 bridgehead atoms. The van der Waals surface area contributed by atoms with Gasteiger partial charge in [-0.05, 0) is 65.1 Å². The molecule has 0 radical (unpaired) electrons. The second-order valence-electron chi connectivity index (χ2n) is 6.58. The van der Waals surface area contributed by atoms with E-state index in [9.17, 15) is 0 Å². The minimum Gasteiger partial charge on any atom is -0.371 e. The Morgan fingerprint density at radius 2 is 1.89 bits per heavy atom. The maximum atomic E-state index is 6.12. The molecule has 0 spiro atoms. The zero-order valence-electron chi connectivity index (χ0n) is 12.4. The SMILES string of the molecule is CCN(CC1CCNCC1)CC1CCC(C)(C)O1. The predicted molar refractivity (Wildman–Crippen MR) is 75.9 cm³/mol. The number of piperidine rings is 1. The topological polar surface area (TPSA) is 24.5 Å². The fourth-order valence-corrected chi connectivity index (χ4v) is 3.26. The smallest absolute Gasteiger partial charge is 0.0710 e. The van der Waals surface area contributed by atoms with Gasteiger partial charge in [0, 0.05) is 13.1 Å². The number of hydrogen-bond acceptors (Lipinski definition) is 3. The van der Waals surface area contributed by atoms with E-state index in [1.165, 1.54) is 45.3 Å². The van der Waals surface area contributed by atoms with E-state index in [4.69, 9.17) is 4.74 Å². The summed E-state index contributed by atoms with van der Waals surface area (Å²) in [7, 11) is 0. The molecule has 2 fully saturated rings. The molecule has 1 N–H and O–H groups in total. The lowest BCUT2D eigenvalue weighted by atomic mass is 9.97. The van der Waals surface area contributed by atoms with Crippen molar-refractivity contribution in [3.63, 3.8) is 0 Å². The summed E-state index contributed by atoms with van der Waals surface area (Å²) in [5.74, 6) is 0.889. The van der Waals surface area contributed by atoms with Gasteiger partial charge in [-0.1, -0.05) is 6.92 Å². The Morgan fingerprint density at radius 3 is 2.44 bits per heavy atom. The molecule has 0 aromatic rings. The lowest BCUT2D eigenvalue weighted by Crippen LogP contribution is -2.39. The van der Waals surface area contributed by atoms with Gasteiger partial charge in [0.15, 0.2) is 0 Å². The van der Waals surface area contributed by atoms with Crippen LogP contribution in [0.15, 0.2) is 0 Å². The lowest BCUT2D eigenvalue weighted by molar-refractivity contribution is -0.0299. The molecule has 0 saturated carbocycles. The Morgan fingerprint density at radius 1 is 1.17 bits per heavy atom. The molecule has 0 aromatic heterocycles. The van der Waals surface area contributed by atoms with Crippen molar-refractivity contribution in [1.82, 2.24) is 10.2 Å². The summed E-state index contributed by atoms with van der Waals surface area (Å²) in [4.78, 5) is 2.60. The van der Waals surface area contributed by atoms with Crippen molar-refractivity contribution in [2.45, 2.75) is 58.2 Å². The fourth-order valence-electron chi connectivity index (χ4n) is 3.26. The molecule has 2 heterocycles. The summed E-state index contributed by atoms with van der Waals surface area (Å²) in [6, 6.07) is 0. The fraction of sp³-hybridized carbons (Fsp3) is 1.00. The minimum atomic E-state index is 0.110. The van der Waals surface area contributed by atoms with Crippen molar-refractivity contribution in [3.05, 3.63) is 0 Å². The largest absolute Gasteiger partial charge is 0.371 e. The van der Waals surface area contributed by atoms with Crippen molar-refractivity contribution < 1.29 is 4.74 Å². The maximum absolute atomic E-state index is 6.12. The maximum Gasteiger partial charge on any atom is 0.0710 e.